The zero-order valence-corrected chi connectivity index (χ0v) is 9.91. The van der Waals surface area contributed by atoms with Crippen LogP contribution in [0.25, 0.3) is 0 Å². The van der Waals surface area contributed by atoms with Gasteiger partial charge in [-0.25, -0.2) is 4.98 Å². The van der Waals surface area contributed by atoms with Gasteiger partial charge in [0.1, 0.15) is 17.0 Å². The number of aromatic nitrogens is 1. The molecule has 0 bridgehead atoms. The fourth-order valence-corrected chi connectivity index (χ4v) is 1.60. The van der Waals surface area contributed by atoms with Crippen molar-refractivity contribution >= 4 is 11.6 Å². The van der Waals surface area contributed by atoms with Crippen LogP contribution >= 0.6 is 11.6 Å². The molecule has 0 aliphatic carbocycles. The number of rotatable bonds is 4. The maximum Gasteiger partial charge on any atom is 0.433 e. The lowest BCUT2D eigenvalue weighted by Gasteiger charge is -2.18. The van der Waals surface area contributed by atoms with E-state index in [4.69, 9.17) is 17.3 Å². The highest BCUT2D eigenvalue weighted by Crippen LogP contribution is 2.31. The predicted molar refractivity (Wildman–Crippen MR) is 58.9 cm³/mol. The average Bonchev–Trinajstić information content (AvgIpc) is 2.26. The third-order valence-corrected chi connectivity index (χ3v) is 2.47. The zero-order valence-electron chi connectivity index (χ0n) is 9.15. The molecule has 0 saturated carbocycles. The number of alkyl halides is 3. The van der Waals surface area contributed by atoms with E-state index in [-0.39, 0.29) is 18.5 Å². The van der Waals surface area contributed by atoms with Gasteiger partial charge >= 0.3 is 6.18 Å². The molecule has 0 spiro atoms. The van der Waals surface area contributed by atoms with Crippen LogP contribution in [-0.2, 0) is 6.18 Å². The summed E-state index contributed by atoms with van der Waals surface area (Å²) >= 11 is 5.45. The Bertz CT molecular complexity index is 415. The molecule has 102 valence electrons. The monoisotopic (exact) mass is 284 g/mol. The number of halogens is 4. The molecule has 2 atom stereocenters. The fraction of sp³-hybridized carbons (Fsp3) is 0.500. The van der Waals surface area contributed by atoms with Gasteiger partial charge in [-0.3, -0.25) is 0 Å². The number of nitrogens with two attached hydrogens (primary N) is 1. The molecule has 1 rings (SSSR count). The van der Waals surface area contributed by atoms with Gasteiger partial charge in [-0.05, 0) is 30.7 Å². The molecule has 2 unspecified atom stereocenters. The van der Waals surface area contributed by atoms with Gasteiger partial charge in [0.15, 0.2) is 0 Å². The number of aliphatic hydroxyl groups is 2. The van der Waals surface area contributed by atoms with Crippen molar-refractivity contribution in [2.75, 3.05) is 6.54 Å². The Morgan fingerprint density at radius 2 is 1.94 bits per heavy atom. The van der Waals surface area contributed by atoms with Crippen LogP contribution in [0.15, 0.2) is 12.1 Å². The number of hydrogen-bond acceptors (Lipinski definition) is 4. The van der Waals surface area contributed by atoms with Crippen molar-refractivity contribution < 1.29 is 23.4 Å². The second-order valence-electron chi connectivity index (χ2n) is 3.70. The Labute approximate surface area is 106 Å². The van der Waals surface area contributed by atoms with E-state index >= 15 is 0 Å². The summed E-state index contributed by atoms with van der Waals surface area (Å²) < 4.78 is 37.4. The number of aliphatic hydroxyl groups excluding tert-OH is 2. The predicted octanol–water partition coefficient (Wildman–Crippen LogP) is 1.50. The Balaban J connectivity index is 3.06. The molecule has 0 amide bonds. The van der Waals surface area contributed by atoms with Crippen molar-refractivity contribution in [3.63, 3.8) is 0 Å². The molecule has 0 aromatic carbocycles. The summed E-state index contributed by atoms with van der Waals surface area (Å²) in [7, 11) is 0. The lowest BCUT2D eigenvalue weighted by molar-refractivity contribution is -0.141. The van der Waals surface area contributed by atoms with Crippen molar-refractivity contribution in [2.24, 2.45) is 5.73 Å². The van der Waals surface area contributed by atoms with Gasteiger partial charge in [0.25, 0.3) is 0 Å². The first-order valence-electron chi connectivity index (χ1n) is 5.06. The first kappa shape index (κ1) is 15.2. The average molecular weight is 285 g/mol. The van der Waals surface area contributed by atoms with Gasteiger partial charge in [-0.15, -0.1) is 0 Å². The molecular formula is C10H12ClF3N2O2. The molecule has 0 radical (unpaired) electrons. The van der Waals surface area contributed by atoms with Gasteiger partial charge in [-0.2, -0.15) is 13.2 Å². The Kier molecular flexibility index (Phi) is 4.92. The normalized spacial score (nSPS) is 15.5. The Hall–Kier alpha value is -0.890. The van der Waals surface area contributed by atoms with Crippen LogP contribution in [0, 0.1) is 0 Å². The van der Waals surface area contributed by atoms with Crippen molar-refractivity contribution in [1.29, 1.82) is 0 Å². The highest BCUT2D eigenvalue weighted by molar-refractivity contribution is 6.29. The van der Waals surface area contributed by atoms with Crippen LogP contribution in [0.3, 0.4) is 0 Å². The van der Waals surface area contributed by atoms with E-state index in [1.165, 1.54) is 0 Å². The maximum atomic E-state index is 12.5. The topological polar surface area (TPSA) is 79.4 Å². The molecule has 1 aromatic rings. The van der Waals surface area contributed by atoms with E-state index < -0.39 is 29.2 Å². The first-order valence-corrected chi connectivity index (χ1v) is 5.44. The van der Waals surface area contributed by atoms with E-state index in [2.05, 4.69) is 4.98 Å². The lowest BCUT2D eigenvalue weighted by atomic mass is 10.0. The zero-order chi connectivity index (χ0) is 13.9. The van der Waals surface area contributed by atoms with Crippen molar-refractivity contribution in [3.05, 3.63) is 28.5 Å². The van der Waals surface area contributed by atoms with Gasteiger partial charge in [0.2, 0.25) is 0 Å². The van der Waals surface area contributed by atoms with Gasteiger partial charge in [0, 0.05) is 0 Å². The van der Waals surface area contributed by atoms with E-state index in [0.717, 1.165) is 6.07 Å². The van der Waals surface area contributed by atoms with Crippen molar-refractivity contribution in [2.45, 2.75) is 24.8 Å². The minimum Gasteiger partial charge on any atom is -0.390 e. The van der Waals surface area contributed by atoms with Crippen LogP contribution in [0.4, 0.5) is 13.2 Å². The second-order valence-corrected chi connectivity index (χ2v) is 4.08. The Morgan fingerprint density at radius 3 is 2.44 bits per heavy atom. The molecule has 0 aliphatic heterocycles. The largest absolute Gasteiger partial charge is 0.433 e. The standard InChI is InChI=1S/C10H12ClF3N2O2/c11-8-4-5(9(18)6(17)1-2-15)3-7(16-8)10(12,13)14/h3-4,6,9,17-18H,1-2,15H2. The molecule has 4 nitrogen and oxygen atoms in total. The summed E-state index contributed by atoms with van der Waals surface area (Å²) in [6.07, 6.45) is -7.36. The number of hydrogen-bond donors (Lipinski definition) is 3. The van der Waals surface area contributed by atoms with Crippen LogP contribution in [-0.4, -0.2) is 27.8 Å². The van der Waals surface area contributed by atoms with E-state index in [0.29, 0.717) is 6.07 Å². The maximum absolute atomic E-state index is 12.5. The van der Waals surface area contributed by atoms with Crippen LogP contribution in [0.2, 0.25) is 5.15 Å². The van der Waals surface area contributed by atoms with Gasteiger partial charge < -0.3 is 15.9 Å². The van der Waals surface area contributed by atoms with E-state index in [1.807, 2.05) is 0 Å². The van der Waals surface area contributed by atoms with Crippen molar-refractivity contribution in [1.82, 2.24) is 4.98 Å². The summed E-state index contributed by atoms with van der Waals surface area (Å²) in [4.78, 5) is 3.12. The van der Waals surface area contributed by atoms with E-state index in [1.54, 1.807) is 0 Å². The minimum atomic E-state index is -4.67. The van der Waals surface area contributed by atoms with Crippen LogP contribution in [0.5, 0.6) is 0 Å². The van der Waals surface area contributed by atoms with E-state index in [9.17, 15) is 23.4 Å². The SMILES string of the molecule is NCCC(O)C(O)c1cc(Cl)nc(C(F)(F)F)c1. The molecule has 1 aromatic heterocycles. The molecule has 0 fully saturated rings. The molecule has 8 heteroatoms. The molecule has 1 heterocycles. The van der Waals surface area contributed by atoms with Crippen molar-refractivity contribution in [3.8, 4) is 0 Å². The third kappa shape index (κ3) is 3.81. The lowest BCUT2D eigenvalue weighted by Crippen LogP contribution is -2.22. The number of nitrogens with zero attached hydrogens (tertiary/aromatic N) is 1. The number of pyridine rings is 1. The second kappa shape index (κ2) is 5.83. The summed E-state index contributed by atoms with van der Waals surface area (Å²) in [5.74, 6) is 0. The quantitative estimate of drug-likeness (QED) is 0.732. The smallest absolute Gasteiger partial charge is 0.390 e. The van der Waals surface area contributed by atoms with Crippen LogP contribution < -0.4 is 5.73 Å². The molecule has 0 saturated heterocycles. The highest BCUT2D eigenvalue weighted by atomic mass is 35.5. The summed E-state index contributed by atoms with van der Waals surface area (Å²) in [5, 5.41) is 18.8. The van der Waals surface area contributed by atoms with Gasteiger partial charge in [-0.1, -0.05) is 11.6 Å². The molecular weight excluding hydrogens is 273 g/mol. The van der Waals surface area contributed by atoms with Crippen LogP contribution in [0.1, 0.15) is 23.8 Å². The molecule has 0 aliphatic rings. The summed E-state index contributed by atoms with van der Waals surface area (Å²) in [6, 6.07) is 1.72. The Morgan fingerprint density at radius 1 is 1.33 bits per heavy atom. The summed E-state index contributed by atoms with van der Waals surface area (Å²) in [5.41, 5.74) is 3.82. The third-order valence-electron chi connectivity index (χ3n) is 2.28. The molecule has 4 N–H and O–H groups in total. The fourth-order valence-electron chi connectivity index (χ4n) is 1.38. The van der Waals surface area contributed by atoms with Gasteiger partial charge in [0.05, 0.1) is 6.10 Å². The molecule has 18 heavy (non-hydrogen) atoms. The summed E-state index contributed by atoms with van der Waals surface area (Å²) in [6.45, 7) is 0.100. The first-order chi connectivity index (χ1) is 8.25. The highest BCUT2D eigenvalue weighted by Gasteiger charge is 2.34. The minimum absolute atomic E-state index is 0.0580.